The van der Waals surface area contributed by atoms with E-state index in [4.69, 9.17) is 4.74 Å². The largest absolute Gasteiger partial charge is 0.494 e. The van der Waals surface area contributed by atoms with Gasteiger partial charge < -0.3 is 4.74 Å². The molecule has 77 valence electrons. The molecule has 14 heavy (non-hydrogen) atoms. The number of ether oxygens (including phenoxy) is 1. The Balaban J connectivity index is 2.15. The summed E-state index contributed by atoms with van der Waals surface area (Å²) in [7, 11) is 0. The Morgan fingerprint density at radius 2 is 1.79 bits per heavy atom. The van der Waals surface area contributed by atoms with Crippen LogP contribution in [0.5, 0.6) is 11.5 Å². The van der Waals surface area contributed by atoms with E-state index in [1.54, 1.807) is 12.1 Å². The Morgan fingerprint density at radius 3 is 2.43 bits per heavy atom. The predicted octanol–water partition coefficient (Wildman–Crippen LogP) is 3.79. The molecule has 2 heteroatoms. The summed E-state index contributed by atoms with van der Waals surface area (Å²) in [5.74, 6) is 0.824. The molecule has 1 aromatic rings. The fourth-order valence-corrected chi connectivity index (χ4v) is 1.25. The van der Waals surface area contributed by atoms with Crippen LogP contribution in [0.2, 0.25) is 0 Å². The van der Waals surface area contributed by atoms with Gasteiger partial charge in [-0.3, -0.25) is 5.11 Å². The molecule has 0 unspecified atom stereocenters. The van der Waals surface area contributed by atoms with Gasteiger partial charge in [0.1, 0.15) is 5.75 Å². The minimum atomic E-state index is 0.0309. The van der Waals surface area contributed by atoms with Gasteiger partial charge in [0.15, 0.2) is 5.75 Å². The molecule has 0 saturated carbocycles. The first kappa shape index (κ1) is 10.9. The molecule has 0 spiro atoms. The molecule has 0 aliphatic heterocycles. The van der Waals surface area contributed by atoms with Crippen LogP contribution < -0.4 is 4.74 Å². The van der Waals surface area contributed by atoms with Gasteiger partial charge in [0.2, 0.25) is 0 Å². The molecule has 0 N–H and O–H groups in total. The third kappa shape index (κ3) is 4.17. The summed E-state index contributed by atoms with van der Waals surface area (Å²) in [4.78, 5) is 0. The quantitative estimate of drug-likeness (QED) is 0.632. The Bertz CT molecular complexity index is 241. The van der Waals surface area contributed by atoms with Gasteiger partial charge in [-0.2, -0.15) is 0 Å². The van der Waals surface area contributed by atoms with Crippen LogP contribution in [0, 0.1) is 0 Å². The number of hydrogen-bond donors (Lipinski definition) is 0. The van der Waals surface area contributed by atoms with Gasteiger partial charge in [-0.1, -0.05) is 26.2 Å². The summed E-state index contributed by atoms with van der Waals surface area (Å²) in [6, 6.07) is 6.51. The average Bonchev–Trinajstić information content (AvgIpc) is 2.21. The highest BCUT2D eigenvalue weighted by Crippen LogP contribution is 2.16. The lowest BCUT2D eigenvalue weighted by Crippen LogP contribution is -1.96. The van der Waals surface area contributed by atoms with Crippen LogP contribution in [0.4, 0.5) is 0 Å². The summed E-state index contributed by atoms with van der Waals surface area (Å²) >= 11 is 0. The van der Waals surface area contributed by atoms with E-state index >= 15 is 0 Å². The van der Waals surface area contributed by atoms with Crippen molar-refractivity contribution < 1.29 is 9.84 Å². The van der Waals surface area contributed by atoms with E-state index in [0.29, 0.717) is 0 Å². The highest BCUT2D eigenvalue weighted by molar-refractivity contribution is 5.29. The maximum atomic E-state index is 10.8. The van der Waals surface area contributed by atoms with Crippen molar-refractivity contribution in [3.05, 3.63) is 24.3 Å². The van der Waals surface area contributed by atoms with E-state index in [1.165, 1.54) is 31.4 Å². The van der Waals surface area contributed by atoms with Crippen LogP contribution in [0.15, 0.2) is 24.3 Å². The second-order valence-corrected chi connectivity index (χ2v) is 3.38. The number of unbranched alkanes of at least 4 members (excludes halogenated alkanes) is 3. The molecular formula is C12H17O2. The van der Waals surface area contributed by atoms with Crippen molar-refractivity contribution >= 4 is 0 Å². The van der Waals surface area contributed by atoms with E-state index in [-0.39, 0.29) is 5.75 Å². The van der Waals surface area contributed by atoms with Gasteiger partial charge in [0, 0.05) is 0 Å². The third-order valence-corrected chi connectivity index (χ3v) is 2.09. The highest BCUT2D eigenvalue weighted by Gasteiger charge is 1.94. The van der Waals surface area contributed by atoms with Crippen LogP contribution in [-0.2, 0) is 5.11 Å². The molecule has 1 radical (unpaired) electrons. The summed E-state index contributed by atoms with van der Waals surface area (Å²) in [5.41, 5.74) is 0. The Kier molecular flexibility index (Phi) is 4.90. The molecule has 0 heterocycles. The zero-order valence-electron chi connectivity index (χ0n) is 8.66. The molecule has 0 amide bonds. The third-order valence-electron chi connectivity index (χ3n) is 2.09. The van der Waals surface area contributed by atoms with Crippen LogP contribution in [0.25, 0.3) is 0 Å². The minimum Gasteiger partial charge on any atom is -0.494 e. The zero-order valence-corrected chi connectivity index (χ0v) is 8.66. The van der Waals surface area contributed by atoms with Gasteiger partial charge in [-0.25, -0.2) is 0 Å². The van der Waals surface area contributed by atoms with Crippen molar-refractivity contribution in [3.8, 4) is 11.5 Å². The second-order valence-electron chi connectivity index (χ2n) is 3.38. The van der Waals surface area contributed by atoms with Gasteiger partial charge in [-0.05, 0) is 30.7 Å². The summed E-state index contributed by atoms with van der Waals surface area (Å²) in [6.07, 6.45) is 4.82. The molecule has 0 saturated heterocycles. The zero-order chi connectivity index (χ0) is 10.2. The molecule has 0 bridgehead atoms. The van der Waals surface area contributed by atoms with Crippen LogP contribution in [0.3, 0.4) is 0 Å². The van der Waals surface area contributed by atoms with Crippen molar-refractivity contribution in [2.24, 2.45) is 0 Å². The van der Waals surface area contributed by atoms with Crippen LogP contribution >= 0.6 is 0 Å². The van der Waals surface area contributed by atoms with E-state index in [1.807, 2.05) is 0 Å². The summed E-state index contributed by atoms with van der Waals surface area (Å²) < 4.78 is 5.47. The van der Waals surface area contributed by atoms with Crippen molar-refractivity contribution in [2.75, 3.05) is 6.61 Å². The molecule has 0 aliphatic carbocycles. The first-order chi connectivity index (χ1) is 6.83. The average molecular weight is 193 g/mol. The topological polar surface area (TPSA) is 29.1 Å². The maximum absolute atomic E-state index is 10.8. The summed E-state index contributed by atoms with van der Waals surface area (Å²) in [5, 5.41) is 10.8. The fourth-order valence-electron chi connectivity index (χ4n) is 1.25. The van der Waals surface area contributed by atoms with E-state index in [2.05, 4.69) is 6.92 Å². The monoisotopic (exact) mass is 193 g/mol. The first-order valence-electron chi connectivity index (χ1n) is 5.23. The molecule has 1 aromatic carbocycles. The van der Waals surface area contributed by atoms with Crippen LogP contribution in [0.1, 0.15) is 32.6 Å². The standard InChI is InChI=1S/C12H17O2/c1-2-3-4-5-10-14-12-8-6-11(13)7-9-12/h6-9H,2-5,10H2,1H3. The van der Waals surface area contributed by atoms with Gasteiger partial charge in [0.25, 0.3) is 0 Å². The molecule has 0 fully saturated rings. The predicted molar refractivity (Wildman–Crippen MR) is 56.2 cm³/mol. The molecule has 0 atom stereocenters. The van der Waals surface area contributed by atoms with E-state index < -0.39 is 0 Å². The fraction of sp³-hybridized carbons (Fsp3) is 0.500. The first-order valence-corrected chi connectivity index (χ1v) is 5.23. The van der Waals surface area contributed by atoms with Crippen molar-refractivity contribution in [2.45, 2.75) is 32.6 Å². The number of rotatable bonds is 6. The van der Waals surface area contributed by atoms with Gasteiger partial charge >= 0.3 is 0 Å². The maximum Gasteiger partial charge on any atom is 0.178 e. The Hall–Kier alpha value is -1.18. The number of benzene rings is 1. The molecular weight excluding hydrogens is 176 g/mol. The summed E-state index contributed by atoms with van der Waals surface area (Å²) in [6.45, 7) is 2.94. The van der Waals surface area contributed by atoms with Gasteiger partial charge in [0.05, 0.1) is 6.61 Å². The van der Waals surface area contributed by atoms with Crippen molar-refractivity contribution in [1.29, 1.82) is 0 Å². The van der Waals surface area contributed by atoms with E-state index in [0.717, 1.165) is 18.8 Å². The van der Waals surface area contributed by atoms with Crippen LogP contribution in [-0.4, -0.2) is 6.61 Å². The highest BCUT2D eigenvalue weighted by atomic mass is 16.5. The second kappa shape index (κ2) is 6.30. The lowest BCUT2D eigenvalue weighted by atomic mass is 10.2. The molecule has 2 nitrogen and oxygen atoms in total. The Morgan fingerprint density at radius 1 is 1.07 bits per heavy atom. The lowest BCUT2D eigenvalue weighted by molar-refractivity contribution is 0.303. The number of hydrogen-bond acceptors (Lipinski definition) is 1. The lowest BCUT2D eigenvalue weighted by Gasteiger charge is -2.04. The Labute approximate surface area is 85.5 Å². The van der Waals surface area contributed by atoms with Gasteiger partial charge in [-0.15, -0.1) is 0 Å². The molecule has 0 aliphatic rings. The normalized spacial score (nSPS) is 10.1. The van der Waals surface area contributed by atoms with E-state index in [9.17, 15) is 5.11 Å². The van der Waals surface area contributed by atoms with Crippen molar-refractivity contribution in [3.63, 3.8) is 0 Å². The molecule has 0 aromatic heterocycles. The SMILES string of the molecule is CCCCCCOc1ccc([O])cc1. The minimum absolute atomic E-state index is 0.0309. The molecule has 1 rings (SSSR count). The van der Waals surface area contributed by atoms with Crippen molar-refractivity contribution in [1.82, 2.24) is 0 Å². The smallest absolute Gasteiger partial charge is 0.178 e.